The first kappa shape index (κ1) is 12.2. The summed E-state index contributed by atoms with van der Waals surface area (Å²) in [5, 5.41) is 6.05. The Morgan fingerprint density at radius 1 is 1.60 bits per heavy atom. The molecule has 86 valence electrons. The highest BCUT2D eigenvalue weighted by molar-refractivity contribution is 7.89. The van der Waals surface area contributed by atoms with E-state index in [0.29, 0.717) is 13.1 Å². The van der Waals surface area contributed by atoms with Gasteiger partial charge in [0.2, 0.25) is 0 Å². The number of H-pyrrole nitrogens is 1. The van der Waals surface area contributed by atoms with Crippen LogP contribution in [0.2, 0.25) is 0 Å². The van der Waals surface area contributed by atoms with E-state index < -0.39 is 10.0 Å². The van der Waals surface area contributed by atoms with E-state index in [2.05, 4.69) is 14.9 Å². The molecule has 1 heterocycles. The van der Waals surface area contributed by atoms with Gasteiger partial charge < -0.3 is 5.73 Å². The van der Waals surface area contributed by atoms with Gasteiger partial charge in [-0.15, -0.1) is 0 Å². The second kappa shape index (κ2) is 4.30. The van der Waals surface area contributed by atoms with Crippen LogP contribution >= 0.6 is 0 Å². The maximum Gasteiger partial charge on any atom is 0.257 e. The summed E-state index contributed by atoms with van der Waals surface area (Å²) in [4.78, 5) is 0. The van der Waals surface area contributed by atoms with Crippen LogP contribution in [0.4, 0.5) is 0 Å². The Bertz CT molecular complexity index is 396. The minimum atomic E-state index is -3.48. The van der Waals surface area contributed by atoms with Crippen molar-refractivity contribution in [2.24, 2.45) is 11.1 Å². The molecule has 0 aliphatic carbocycles. The van der Waals surface area contributed by atoms with Gasteiger partial charge >= 0.3 is 0 Å². The summed E-state index contributed by atoms with van der Waals surface area (Å²) in [7, 11) is -3.48. The van der Waals surface area contributed by atoms with Gasteiger partial charge in [0, 0.05) is 6.54 Å². The lowest BCUT2D eigenvalue weighted by molar-refractivity contribution is 0.376. The molecule has 4 N–H and O–H groups in total. The van der Waals surface area contributed by atoms with E-state index in [-0.39, 0.29) is 10.4 Å². The lowest BCUT2D eigenvalue weighted by Gasteiger charge is -2.22. The van der Waals surface area contributed by atoms with Crippen LogP contribution in [-0.4, -0.2) is 31.7 Å². The van der Waals surface area contributed by atoms with E-state index in [9.17, 15) is 8.42 Å². The summed E-state index contributed by atoms with van der Waals surface area (Å²) >= 11 is 0. The van der Waals surface area contributed by atoms with Crippen LogP contribution < -0.4 is 10.5 Å². The number of aromatic amines is 1. The Morgan fingerprint density at radius 3 is 2.73 bits per heavy atom. The molecular formula is C8H16N4O2S. The third-order valence-electron chi connectivity index (χ3n) is 2.06. The molecule has 1 rings (SSSR count). The van der Waals surface area contributed by atoms with Gasteiger partial charge in [0.1, 0.15) is 0 Å². The Balaban J connectivity index is 2.67. The Morgan fingerprint density at radius 2 is 2.27 bits per heavy atom. The number of sulfonamides is 1. The van der Waals surface area contributed by atoms with Crippen LogP contribution in [0.25, 0.3) is 0 Å². The predicted octanol–water partition coefficient (Wildman–Crippen LogP) is -0.327. The topological polar surface area (TPSA) is 101 Å². The zero-order valence-electron chi connectivity index (χ0n) is 8.82. The van der Waals surface area contributed by atoms with Gasteiger partial charge in [-0.2, -0.15) is 5.10 Å². The number of nitrogens with two attached hydrogens (primary N) is 1. The Kier molecular flexibility index (Phi) is 3.48. The summed E-state index contributed by atoms with van der Waals surface area (Å²) in [6.45, 7) is 4.49. The second-order valence-electron chi connectivity index (χ2n) is 4.11. The van der Waals surface area contributed by atoms with Crippen LogP contribution in [0.5, 0.6) is 0 Å². The summed E-state index contributed by atoms with van der Waals surface area (Å²) < 4.78 is 25.7. The first-order valence-electron chi connectivity index (χ1n) is 4.56. The van der Waals surface area contributed by atoms with Crippen molar-refractivity contribution >= 4 is 10.0 Å². The standard InChI is InChI=1S/C8H16N4O2S/c1-8(2,5-9)6-11-15(13,14)7-3-4-10-12-7/h3-4,11H,5-6,9H2,1-2H3,(H,10,12). The van der Waals surface area contributed by atoms with Gasteiger partial charge in [0.25, 0.3) is 10.0 Å². The van der Waals surface area contributed by atoms with Crippen molar-refractivity contribution in [3.8, 4) is 0 Å². The van der Waals surface area contributed by atoms with E-state index in [0.717, 1.165) is 0 Å². The molecule has 0 aliphatic rings. The molecule has 15 heavy (non-hydrogen) atoms. The molecule has 0 bridgehead atoms. The largest absolute Gasteiger partial charge is 0.330 e. The first-order chi connectivity index (χ1) is 6.87. The monoisotopic (exact) mass is 232 g/mol. The smallest absolute Gasteiger partial charge is 0.257 e. The van der Waals surface area contributed by atoms with Crippen molar-refractivity contribution in [1.29, 1.82) is 0 Å². The van der Waals surface area contributed by atoms with Gasteiger partial charge in [0.15, 0.2) is 5.03 Å². The fraction of sp³-hybridized carbons (Fsp3) is 0.625. The lowest BCUT2D eigenvalue weighted by Crippen LogP contribution is -2.38. The average Bonchev–Trinajstić information content (AvgIpc) is 2.69. The number of rotatable bonds is 5. The number of nitrogens with one attached hydrogen (secondary N) is 2. The van der Waals surface area contributed by atoms with Crippen LogP contribution in [0.3, 0.4) is 0 Å². The quantitative estimate of drug-likeness (QED) is 0.647. The van der Waals surface area contributed by atoms with E-state index in [1.165, 1.54) is 12.3 Å². The maximum absolute atomic E-state index is 11.6. The molecule has 0 radical (unpaired) electrons. The number of hydrogen-bond donors (Lipinski definition) is 3. The molecule has 0 atom stereocenters. The zero-order valence-corrected chi connectivity index (χ0v) is 9.63. The fourth-order valence-electron chi connectivity index (χ4n) is 0.833. The molecule has 0 aromatic carbocycles. The predicted molar refractivity (Wildman–Crippen MR) is 56.6 cm³/mol. The summed E-state index contributed by atoms with van der Waals surface area (Å²) in [5.74, 6) is 0. The molecule has 7 heteroatoms. The highest BCUT2D eigenvalue weighted by Crippen LogP contribution is 2.12. The molecule has 0 saturated heterocycles. The van der Waals surface area contributed by atoms with Crippen molar-refractivity contribution in [3.63, 3.8) is 0 Å². The van der Waals surface area contributed by atoms with Gasteiger partial charge in [-0.05, 0) is 18.0 Å². The van der Waals surface area contributed by atoms with Gasteiger partial charge in [-0.1, -0.05) is 13.8 Å². The Labute approximate surface area is 89.3 Å². The maximum atomic E-state index is 11.6. The van der Waals surface area contributed by atoms with Gasteiger partial charge in [-0.25, -0.2) is 13.1 Å². The van der Waals surface area contributed by atoms with Gasteiger partial charge in [0.05, 0.1) is 6.20 Å². The zero-order chi connectivity index (χ0) is 11.5. The lowest BCUT2D eigenvalue weighted by atomic mass is 9.95. The van der Waals surface area contributed by atoms with Crippen molar-refractivity contribution in [2.45, 2.75) is 18.9 Å². The molecule has 0 spiro atoms. The number of hydrogen-bond acceptors (Lipinski definition) is 4. The second-order valence-corrected chi connectivity index (χ2v) is 5.85. The Hall–Kier alpha value is -0.920. The summed E-state index contributed by atoms with van der Waals surface area (Å²) in [6.07, 6.45) is 1.39. The third kappa shape index (κ3) is 3.29. The summed E-state index contributed by atoms with van der Waals surface area (Å²) in [6, 6.07) is 1.40. The highest BCUT2D eigenvalue weighted by atomic mass is 32.2. The van der Waals surface area contributed by atoms with Crippen molar-refractivity contribution in [3.05, 3.63) is 12.3 Å². The average molecular weight is 232 g/mol. The van der Waals surface area contributed by atoms with Crippen molar-refractivity contribution in [1.82, 2.24) is 14.9 Å². The van der Waals surface area contributed by atoms with Crippen LogP contribution in [0, 0.1) is 5.41 Å². The van der Waals surface area contributed by atoms with E-state index in [1.54, 1.807) is 0 Å². The van der Waals surface area contributed by atoms with Crippen LogP contribution in [0.15, 0.2) is 17.3 Å². The van der Waals surface area contributed by atoms with Crippen LogP contribution in [0.1, 0.15) is 13.8 Å². The molecule has 0 amide bonds. The normalized spacial score (nSPS) is 13.0. The van der Waals surface area contributed by atoms with E-state index >= 15 is 0 Å². The summed E-state index contributed by atoms with van der Waals surface area (Å²) in [5.41, 5.74) is 5.24. The first-order valence-corrected chi connectivity index (χ1v) is 6.05. The molecule has 0 aliphatic heterocycles. The van der Waals surface area contributed by atoms with Crippen molar-refractivity contribution in [2.75, 3.05) is 13.1 Å². The number of nitrogens with zero attached hydrogens (tertiary/aromatic N) is 1. The minimum Gasteiger partial charge on any atom is -0.330 e. The molecular weight excluding hydrogens is 216 g/mol. The number of aromatic nitrogens is 2. The molecule has 1 aromatic rings. The van der Waals surface area contributed by atoms with Crippen LogP contribution in [-0.2, 0) is 10.0 Å². The molecule has 0 saturated carbocycles. The van der Waals surface area contributed by atoms with E-state index in [1.807, 2.05) is 13.8 Å². The SMILES string of the molecule is CC(C)(CN)CNS(=O)(=O)c1ccn[nH]1. The van der Waals surface area contributed by atoms with Gasteiger partial charge in [-0.3, -0.25) is 5.10 Å². The minimum absolute atomic E-state index is 0.0651. The molecule has 0 unspecified atom stereocenters. The highest BCUT2D eigenvalue weighted by Gasteiger charge is 2.21. The van der Waals surface area contributed by atoms with E-state index in [4.69, 9.17) is 5.73 Å². The molecule has 0 fully saturated rings. The fourth-order valence-corrected chi connectivity index (χ4v) is 1.98. The third-order valence-corrected chi connectivity index (χ3v) is 3.39. The molecule has 1 aromatic heterocycles. The molecule has 6 nitrogen and oxygen atoms in total. The van der Waals surface area contributed by atoms with Crippen molar-refractivity contribution < 1.29 is 8.42 Å².